The molecule has 0 spiro atoms. The molecule has 0 fully saturated rings. The minimum Gasteiger partial charge on any atom is -0.481 e. The van der Waals surface area contributed by atoms with Gasteiger partial charge in [0.2, 0.25) is 0 Å². The number of carbonyl (C=O) groups is 3. The van der Waals surface area contributed by atoms with Gasteiger partial charge in [-0.25, -0.2) is 4.79 Å². The zero-order chi connectivity index (χ0) is 27.6. The average Bonchev–Trinajstić information content (AvgIpc) is 2.91. The number of carboxylic acids is 3. The largest absolute Gasteiger partial charge is 0.481 e. The normalized spacial score (nSPS) is 11.1. The van der Waals surface area contributed by atoms with Gasteiger partial charge in [0.25, 0.3) is 0 Å². The van der Waals surface area contributed by atoms with Crippen molar-refractivity contribution >= 4 is 46.4 Å². The van der Waals surface area contributed by atoms with E-state index in [-0.39, 0.29) is 0 Å². The van der Waals surface area contributed by atoms with Gasteiger partial charge in [-0.1, -0.05) is 72.8 Å². The van der Waals surface area contributed by atoms with Crippen LogP contribution in [0.15, 0.2) is 121 Å². The average molecular weight is 532 g/mol. The molecule has 0 heterocycles. The number of hydrogen-bond acceptors (Lipinski definition) is 4. The molecule has 4 aromatic rings. The van der Waals surface area contributed by atoms with E-state index in [0.717, 1.165) is 0 Å². The fourth-order valence-corrected chi connectivity index (χ4v) is 8.48. The molecule has 38 heavy (non-hydrogen) atoms. The third kappa shape index (κ3) is 6.51. The topological polar surface area (TPSA) is 132 Å². The van der Waals surface area contributed by atoms with Crippen LogP contribution in [0, 0.1) is 0 Å². The lowest BCUT2D eigenvalue weighted by atomic mass is 9.96. The molecule has 4 N–H and O–H groups in total. The second-order valence-corrected chi connectivity index (χ2v) is 11.9. The van der Waals surface area contributed by atoms with E-state index in [2.05, 4.69) is 121 Å². The van der Waals surface area contributed by atoms with Crippen molar-refractivity contribution in [2.24, 2.45) is 0 Å². The minimum atomic E-state index is -2.74. The quantitative estimate of drug-likeness (QED) is 0.244. The molecule has 0 bridgehead atoms. The summed E-state index contributed by atoms with van der Waals surface area (Å²) in [6.45, 7) is 0. The number of carboxylic acid groups (broad SMARTS) is 3. The maximum absolute atomic E-state index is 10.3. The van der Waals surface area contributed by atoms with Crippen molar-refractivity contribution in [3.05, 3.63) is 121 Å². The molecule has 0 atom stereocenters. The summed E-state index contributed by atoms with van der Waals surface area (Å²) in [6.07, 6.45) is -2.29. The second kappa shape index (κ2) is 12.8. The van der Waals surface area contributed by atoms with Crippen LogP contribution in [-0.2, 0) is 14.4 Å². The van der Waals surface area contributed by atoms with Gasteiger partial charge in [-0.15, -0.1) is 0 Å². The van der Waals surface area contributed by atoms with E-state index in [4.69, 9.17) is 20.4 Å². The van der Waals surface area contributed by atoms with Crippen LogP contribution in [0.25, 0.3) is 0 Å². The van der Waals surface area contributed by atoms with Crippen molar-refractivity contribution in [3.8, 4) is 0 Å². The molecule has 0 aliphatic rings. The highest BCUT2D eigenvalue weighted by molar-refractivity contribution is 8.01. The van der Waals surface area contributed by atoms with Crippen molar-refractivity contribution in [2.75, 3.05) is 0 Å². The van der Waals surface area contributed by atoms with Gasteiger partial charge in [0.15, 0.2) is 5.60 Å². The van der Waals surface area contributed by atoms with E-state index in [9.17, 15) is 14.4 Å². The summed E-state index contributed by atoms with van der Waals surface area (Å²) in [5, 5.41) is 39.4. The third-order valence-electron chi connectivity index (χ3n) is 5.86. The minimum absolute atomic E-state index is 1.14. The summed E-state index contributed by atoms with van der Waals surface area (Å²) >= 11 is 0. The highest BCUT2D eigenvalue weighted by Gasteiger charge is 2.47. The van der Waals surface area contributed by atoms with E-state index in [1.165, 1.54) is 21.2 Å². The van der Waals surface area contributed by atoms with Crippen LogP contribution in [0.3, 0.4) is 0 Å². The van der Waals surface area contributed by atoms with Crippen LogP contribution in [0.1, 0.15) is 12.8 Å². The highest BCUT2D eigenvalue weighted by Crippen LogP contribution is 2.53. The molecule has 8 heteroatoms. The van der Waals surface area contributed by atoms with E-state index >= 15 is 0 Å². The van der Waals surface area contributed by atoms with Gasteiger partial charge in [-0.05, 0) is 48.5 Å². The molecule has 7 nitrogen and oxygen atoms in total. The van der Waals surface area contributed by atoms with Crippen LogP contribution in [-0.4, -0.2) is 43.9 Å². The van der Waals surface area contributed by atoms with Crippen molar-refractivity contribution in [2.45, 2.75) is 18.4 Å². The SMILES string of the molecule is O=C(O)CC(O)(CC(=O)O)C(=O)O.c1ccc([P+](c2ccccc2)(c2ccccc2)c2ccccc2)cc1. The number of aliphatic hydroxyl groups is 1. The Morgan fingerprint density at radius 1 is 0.500 bits per heavy atom. The molecule has 0 amide bonds. The Labute approximate surface area is 221 Å². The Bertz CT molecular complexity index is 1170. The summed E-state index contributed by atoms with van der Waals surface area (Å²) < 4.78 is 0. The van der Waals surface area contributed by atoms with Crippen LogP contribution in [0.4, 0.5) is 0 Å². The molecule has 0 unspecified atom stereocenters. The first-order valence-electron chi connectivity index (χ1n) is 11.7. The number of benzene rings is 4. The molecule has 0 saturated heterocycles. The van der Waals surface area contributed by atoms with Gasteiger partial charge in [0, 0.05) is 0 Å². The van der Waals surface area contributed by atoms with Gasteiger partial charge in [0.1, 0.15) is 28.5 Å². The summed E-state index contributed by atoms with van der Waals surface area (Å²) in [4.78, 5) is 30.5. The van der Waals surface area contributed by atoms with Crippen LogP contribution >= 0.6 is 7.26 Å². The van der Waals surface area contributed by atoms with Crippen LogP contribution in [0.2, 0.25) is 0 Å². The first-order chi connectivity index (χ1) is 18.2. The molecular weight excluding hydrogens is 503 g/mol. The Morgan fingerprint density at radius 2 is 0.737 bits per heavy atom. The summed E-state index contributed by atoms with van der Waals surface area (Å²) in [5.74, 6) is -5.02. The Balaban J connectivity index is 0.000000263. The maximum Gasteiger partial charge on any atom is 0.336 e. The molecule has 0 saturated carbocycles. The second-order valence-electron chi connectivity index (χ2n) is 8.49. The fraction of sp³-hybridized carbons (Fsp3) is 0.100. The predicted octanol–water partition coefficient (Wildman–Crippen LogP) is 3.06. The lowest BCUT2D eigenvalue weighted by Gasteiger charge is -2.27. The van der Waals surface area contributed by atoms with E-state index < -0.39 is 43.6 Å². The smallest absolute Gasteiger partial charge is 0.336 e. The van der Waals surface area contributed by atoms with Crippen molar-refractivity contribution in [3.63, 3.8) is 0 Å². The lowest BCUT2D eigenvalue weighted by molar-refractivity contribution is -0.170. The van der Waals surface area contributed by atoms with Crippen molar-refractivity contribution < 1.29 is 34.8 Å². The fourth-order valence-electron chi connectivity index (χ4n) is 4.21. The molecule has 4 aromatic carbocycles. The number of rotatable bonds is 9. The first kappa shape index (κ1) is 28.3. The van der Waals surface area contributed by atoms with E-state index in [1.54, 1.807) is 0 Å². The van der Waals surface area contributed by atoms with Crippen molar-refractivity contribution in [1.29, 1.82) is 0 Å². The molecule has 0 radical (unpaired) electrons. The molecular formula is C30H28O7P+. The summed E-state index contributed by atoms with van der Waals surface area (Å²) in [7, 11) is -1.91. The Kier molecular flexibility index (Phi) is 9.49. The van der Waals surface area contributed by atoms with Gasteiger partial charge in [0.05, 0.1) is 12.8 Å². The summed E-state index contributed by atoms with van der Waals surface area (Å²) in [6, 6.07) is 43.8. The highest BCUT2D eigenvalue weighted by atomic mass is 31.2. The van der Waals surface area contributed by atoms with E-state index in [1.807, 2.05) is 0 Å². The van der Waals surface area contributed by atoms with Gasteiger partial charge < -0.3 is 20.4 Å². The Morgan fingerprint density at radius 3 is 0.921 bits per heavy atom. The van der Waals surface area contributed by atoms with Gasteiger partial charge in [-0.3, -0.25) is 9.59 Å². The van der Waals surface area contributed by atoms with Gasteiger partial charge in [-0.2, -0.15) is 0 Å². The third-order valence-corrected chi connectivity index (χ3v) is 10.2. The standard InChI is InChI=1S/C24H20P.C6H8O7/c1-5-13-21(14-6-1)25(22-15-7-2-8-16-22,23-17-9-3-10-18-23)24-19-11-4-12-20-24;7-3(8)1-6(13,5(11)12)2-4(9)10/h1-20H;13H,1-2H2,(H,7,8)(H,9,10)(H,11,12)/q+1;. The zero-order valence-electron chi connectivity index (χ0n) is 20.4. The van der Waals surface area contributed by atoms with Crippen LogP contribution < -0.4 is 21.2 Å². The molecule has 4 rings (SSSR count). The van der Waals surface area contributed by atoms with Crippen molar-refractivity contribution in [1.82, 2.24) is 0 Å². The molecule has 0 aliphatic heterocycles. The molecule has 0 aromatic heterocycles. The first-order valence-corrected chi connectivity index (χ1v) is 13.5. The van der Waals surface area contributed by atoms with Gasteiger partial charge >= 0.3 is 17.9 Å². The molecule has 194 valence electrons. The Hall–Kier alpha value is -4.32. The summed E-state index contributed by atoms with van der Waals surface area (Å²) in [5.41, 5.74) is -2.74. The maximum atomic E-state index is 10.3. The predicted molar refractivity (Wildman–Crippen MR) is 148 cm³/mol. The molecule has 0 aliphatic carbocycles. The number of hydrogen-bond donors (Lipinski definition) is 4. The zero-order valence-corrected chi connectivity index (χ0v) is 21.3. The van der Waals surface area contributed by atoms with E-state index in [0.29, 0.717) is 0 Å². The lowest BCUT2D eigenvalue weighted by Crippen LogP contribution is -2.42. The van der Waals surface area contributed by atoms with Crippen LogP contribution in [0.5, 0.6) is 0 Å². The monoisotopic (exact) mass is 531 g/mol. The number of aliphatic carboxylic acids is 3.